The number of carbonyl (C=O) groups is 1. The van der Waals surface area contributed by atoms with Crippen LogP contribution in [-0.4, -0.2) is 44.3 Å². The molecule has 1 aliphatic heterocycles. The molecule has 0 aromatic heterocycles. The minimum atomic E-state index is -2.75. The second-order valence-electron chi connectivity index (χ2n) is 10.4. The fourth-order valence-corrected chi connectivity index (χ4v) is 9.71. The highest BCUT2D eigenvalue weighted by atomic mass is 28.4. The molecule has 3 atom stereocenters. The second-order valence-corrected chi connectivity index (χ2v) is 14.8. The van der Waals surface area contributed by atoms with Crippen molar-refractivity contribution in [2.45, 2.75) is 63.3 Å². The minimum absolute atomic E-state index is 0.174. The van der Waals surface area contributed by atoms with Crippen LogP contribution in [0.1, 0.15) is 39.2 Å². The van der Waals surface area contributed by atoms with E-state index in [1.165, 1.54) is 10.4 Å². The molecule has 3 aromatic carbocycles. The summed E-state index contributed by atoms with van der Waals surface area (Å²) in [7, 11) is -2.75. The molecule has 3 aromatic rings. The van der Waals surface area contributed by atoms with Crippen molar-refractivity contribution < 1.29 is 23.8 Å². The van der Waals surface area contributed by atoms with Gasteiger partial charge < -0.3 is 19.0 Å². The van der Waals surface area contributed by atoms with Crippen LogP contribution < -0.4 is 10.4 Å². The summed E-state index contributed by atoms with van der Waals surface area (Å²) in [6.07, 6.45) is 0.403. The number of hydrogen-bond donors (Lipinski definition) is 1. The first kappa shape index (κ1) is 26.4. The van der Waals surface area contributed by atoms with E-state index in [1.54, 1.807) is 0 Å². The molecule has 1 fully saturated rings. The topological polar surface area (TPSA) is 65.0 Å². The fraction of sp³-hybridized carbons (Fsp3) is 0.367. The monoisotopic (exact) mass is 504 g/mol. The van der Waals surface area contributed by atoms with Crippen molar-refractivity contribution in [3.8, 4) is 0 Å². The zero-order valence-electron chi connectivity index (χ0n) is 21.3. The van der Waals surface area contributed by atoms with Crippen LogP contribution in [-0.2, 0) is 25.3 Å². The third-order valence-electron chi connectivity index (χ3n) is 6.93. The lowest BCUT2D eigenvalue weighted by atomic mass is 9.99. The van der Waals surface area contributed by atoms with Gasteiger partial charge >= 0.3 is 0 Å². The SMILES string of the molecule is CC(C)(C)[Si](OC[C@@H]1CC[C@@H](OCc2ccccc2)C(O)(C=O)O1)(c1ccccc1)c1ccccc1. The van der Waals surface area contributed by atoms with Crippen molar-refractivity contribution in [1.29, 1.82) is 0 Å². The van der Waals surface area contributed by atoms with Gasteiger partial charge in [-0.05, 0) is 33.8 Å². The van der Waals surface area contributed by atoms with Gasteiger partial charge in [0.05, 0.1) is 19.3 Å². The predicted octanol–water partition coefficient (Wildman–Crippen LogP) is 4.21. The number of rotatable bonds is 9. The summed E-state index contributed by atoms with van der Waals surface area (Å²) in [5.74, 6) is -2.01. The van der Waals surface area contributed by atoms with E-state index in [2.05, 4.69) is 45.0 Å². The highest BCUT2D eigenvalue weighted by molar-refractivity contribution is 6.99. The summed E-state index contributed by atoms with van der Waals surface area (Å²) < 4.78 is 18.8. The van der Waals surface area contributed by atoms with E-state index in [0.717, 1.165) is 5.56 Å². The Morgan fingerprint density at radius 2 is 1.44 bits per heavy atom. The number of aliphatic hydroxyl groups is 1. The van der Waals surface area contributed by atoms with Crippen molar-refractivity contribution in [3.63, 3.8) is 0 Å². The van der Waals surface area contributed by atoms with Gasteiger partial charge in [-0.1, -0.05) is 112 Å². The van der Waals surface area contributed by atoms with E-state index in [4.69, 9.17) is 13.9 Å². The van der Waals surface area contributed by atoms with E-state index < -0.39 is 26.3 Å². The smallest absolute Gasteiger partial charge is 0.261 e. The molecule has 1 N–H and O–H groups in total. The molecule has 1 unspecified atom stereocenters. The zero-order chi connectivity index (χ0) is 25.7. The molecule has 6 heteroatoms. The Kier molecular flexibility index (Phi) is 8.22. The number of benzene rings is 3. The van der Waals surface area contributed by atoms with Crippen LogP contribution in [0.2, 0.25) is 5.04 Å². The molecule has 4 rings (SSSR count). The summed E-state index contributed by atoms with van der Waals surface area (Å²) in [6, 6.07) is 30.5. The molecule has 0 saturated carbocycles. The van der Waals surface area contributed by atoms with Gasteiger partial charge in [-0.15, -0.1) is 0 Å². The van der Waals surface area contributed by atoms with Gasteiger partial charge in [0.25, 0.3) is 14.1 Å². The molecule has 1 heterocycles. The van der Waals surface area contributed by atoms with Crippen LogP contribution in [0.25, 0.3) is 0 Å². The maximum Gasteiger partial charge on any atom is 0.261 e. The Morgan fingerprint density at radius 1 is 0.917 bits per heavy atom. The molecule has 0 spiro atoms. The summed E-state index contributed by atoms with van der Waals surface area (Å²) in [5.41, 5.74) is 0.975. The van der Waals surface area contributed by atoms with Gasteiger partial charge in [0.1, 0.15) is 6.10 Å². The maximum atomic E-state index is 12.0. The van der Waals surface area contributed by atoms with Crippen LogP contribution in [0.5, 0.6) is 0 Å². The normalized spacial score (nSPS) is 22.8. The Morgan fingerprint density at radius 3 is 1.94 bits per heavy atom. The molecule has 0 bridgehead atoms. The van der Waals surface area contributed by atoms with Crippen LogP contribution >= 0.6 is 0 Å². The lowest BCUT2D eigenvalue weighted by Gasteiger charge is -2.45. The van der Waals surface area contributed by atoms with E-state index in [9.17, 15) is 9.90 Å². The van der Waals surface area contributed by atoms with E-state index in [0.29, 0.717) is 25.7 Å². The molecule has 1 saturated heterocycles. The summed E-state index contributed by atoms with van der Waals surface area (Å²) >= 11 is 0. The van der Waals surface area contributed by atoms with Crippen molar-refractivity contribution in [2.75, 3.05) is 6.61 Å². The average molecular weight is 505 g/mol. The summed E-state index contributed by atoms with van der Waals surface area (Å²) in [4.78, 5) is 12.0. The number of aldehydes is 1. The minimum Gasteiger partial charge on any atom is -0.405 e. The van der Waals surface area contributed by atoms with Crippen molar-refractivity contribution in [1.82, 2.24) is 0 Å². The third kappa shape index (κ3) is 5.53. The highest BCUT2D eigenvalue weighted by Gasteiger charge is 2.51. The third-order valence-corrected chi connectivity index (χ3v) is 11.9. The Balaban J connectivity index is 1.54. The molecule has 0 radical (unpaired) electrons. The van der Waals surface area contributed by atoms with Crippen molar-refractivity contribution in [3.05, 3.63) is 96.6 Å². The molecular formula is C30H36O5Si. The van der Waals surface area contributed by atoms with Gasteiger partial charge in [-0.2, -0.15) is 0 Å². The van der Waals surface area contributed by atoms with Crippen LogP contribution in [0.15, 0.2) is 91.0 Å². The van der Waals surface area contributed by atoms with Crippen molar-refractivity contribution >= 4 is 25.0 Å². The zero-order valence-corrected chi connectivity index (χ0v) is 22.3. The van der Waals surface area contributed by atoms with Gasteiger partial charge in [-0.25, -0.2) is 0 Å². The molecule has 190 valence electrons. The molecule has 0 aliphatic carbocycles. The van der Waals surface area contributed by atoms with Crippen LogP contribution in [0, 0.1) is 0 Å². The number of hydrogen-bond acceptors (Lipinski definition) is 5. The van der Waals surface area contributed by atoms with Crippen molar-refractivity contribution in [2.24, 2.45) is 0 Å². The largest absolute Gasteiger partial charge is 0.405 e. The van der Waals surface area contributed by atoms with Crippen LogP contribution in [0.4, 0.5) is 0 Å². The highest BCUT2D eigenvalue weighted by Crippen LogP contribution is 2.38. The van der Waals surface area contributed by atoms with Gasteiger partial charge in [-0.3, -0.25) is 4.79 Å². The lowest BCUT2D eigenvalue weighted by molar-refractivity contribution is -0.288. The Hall–Kier alpha value is -2.61. The standard InChI is InChI=1S/C30H36O5Si/c1-29(2,3)36(26-15-9-5-10-16-26,27-17-11-6-12-18-27)34-22-25-19-20-28(30(32,23-31)35-25)33-21-24-13-7-4-8-14-24/h4-18,23,25,28,32H,19-22H2,1-3H3/t25-,28+,30?/m0/s1. The van der Waals surface area contributed by atoms with E-state index >= 15 is 0 Å². The first-order chi connectivity index (χ1) is 17.3. The molecule has 36 heavy (non-hydrogen) atoms. The summed E-state index contributed by atoms with van der Waals surface area (Å²) in [6.45, 7) is 7.23. The molecule has 1 aliphatic rings. The van der Waals surface area contributed by atoms with Gasteiger partial charge in [0, 0.05) is 0 Å². The second kappa shape index (κ2) is 11.2. The average Bonchev–Trinajstić information content (AvgIpc) is 2.89. The number of carbonyl (C=O) groups excluding carboxylic acids is 1. The quantitative estimate of drug-likeness (QED) is 0.349. The first-order valence-electron chi connectivity index (χ1n) is 12.6. The predicted molar refractivity (Wildman–Crippen MR) is 144 cm³/mol. The number of ether oxygens (including phenoxy) is 2. The fourth-order valence-electron chi connectivity index (χ4n) is 5.12. The molecular weight excluding hydrogens is 468 g/mol. The van der Waals surface area contributed by atoms with Crippen LogP contribution in [0.3, 0.4) is 0 Å². The summed E-state index contributed by atoms with van der Waals surface area (Å²) in [5, 5.41) is 13.2. The molecule has 0 amide bonds. The first-order valence-corrected chi connectivity index (χ1v) is 14.5. The Bertz CT molecular complexity index is 1060. The van der Waals surface area contributed by atoms with Gasteiger partial charge in [0.2, 0.25) is 0 Å². The van der Waals surface area contributed by atoms with E-state index in [1.807, 2.05) is 66.7 Å². The van der Waals surface area contributed by atoms with E-state index in [-0.39, 0.29) is 11.6 Å². The Labute approximate surface area is 215 Å². The lowest BCUT2D eigenvalue weighted by Crippen LogP contribution is -2.67. The molecule has 5 nitrogen and oxygen atoms in total. The van der Waals surface area contributed by atoms with Gasteiger partial charge in [0.15, 0.2) is 6.29 Å². The maximum absolute atomic E-state index is 12.0.